The van der Waals surface area contributed by atoms with Gasteiger partial charge in [-0.25, -0.2) is 28.1 Å². The smallest absolute Gasteiger partial charge is 0.266 e. The molecule has 0 bridgehead atoms. The van der Waals surface area contributed by atoms with Gasteiger partial charge in [0.2, 0.25) is 0 Å². The van der Waals surface area contributed by atoms with E-state index in [-0.39, 0.29) is 45.2 Å². The maximum atomic E-state index is 15.0. The van der Waals surface area contributed by atoms with Gasteiger partial charge in [0.25, 0.3) is 5.56 Å². The van der Waals surface area contributed by atoms with Crippen LogP contribution in [0.4, 0.5) is 19.0 Å². The number of hydrogen-bond donors (Lipinski definition) is 1. The molecule has 0 saturated heterocycles. The fraction of sp³-hybridized carbons (Fsp3) is 0.161. The number of anilines is 1. The lowest BCUT2D eigenvalue weighted by atomic mass is 10.0. The minimum atomic E-state index is -0.738. The highest BCUT2D eigenvalue weighted by Gasteiger charge is 2.26. The Kier molecular flexibility index (Phi) is 7.05. The quantitative estimate of drug-likeness (QED) is 0.224. The Labute approximate surface area is 248 Å². The lowest BCUT2D eigenvalue weighted by Crippen LogP contribution is -2.23. The lowest BCUT2D eigenvalue weighted by Gasteiger charge is -2.19. The van der Waals surface area contributed by atoms with E-state index in [9.17, 15) is 13.6 Å². The summed E-state index contributed by atoms with van der Waals surface area (Å²) in [5.41, 5.74) is 7.57. The molecular weight excluding hydrogens is 581 g/mol. The van der Waals surface area contributed by atoms with E-state index in [1.54, 1.807) is 43.7 Å². The zero-order valence-electron chi connectivity index (χ0n) is 23.1. The third-order valence-electron chi connectivity index (χ3n) is 7.04. The van der Waals surface area contributed by atoms with Crippen molar-refractivity contribution in [2.75, 3.05) is 5.73 Å². The number of hydrogen-bond acceptors (Lipinski definition) is 6. The summed E-state index contributed by atoms with van der Waals surface area (Å²) in [7, 11) is 0. The van der Waals surface area contributed by atoms with Gasteiger partial charge < -0.3 is 15.0 Å². The second kappa shape index (κ2) is 10.7. The first kappa shape index (κ1) is 28.2. The minimum absolute atomic E-state index is 0.0173. The van der Waals surface area contributed by atoms with Crippen molar-refractivity contribution in [3.05, 3.63) is 106 Å². The van der Waals surface area contributed by atoms with Gasteiger partial charge in [0.15, 0.2) is 17.2 Å². The Bertz CT molecular complexity index is 2110. The third-order valence-corrected chi connectivity index (χ3v) is 7.32. The number of fused-ring (bicyclic) bond motifs is 2. The number of benzene rings is 2. The molecule has 6 rings (SSSR count). The summed E-state index contributed by atoms with van der Waals surface area (Å²) in [5, 5.41) is 0.372. The molecular formula is C31H24ClF3N6O2. The minimum Gasteiger partial charge on any atom is -0.488 e. The molecule has 4 heterocycles. The van der Waals surface area contributed by atoms with E-state index in [2.05, 4.69) is 9.97 Å². The van der Waals surface area contributed by atoms with Gasteiger partial charge in [-0.2, -0.15) is 0 Å². The summed E-state index contributed by atoms with van der Waals surface area (Å²) >= 11 is 6.33. The first-order valence-electron chi connectivity index (χ1n) is 13.3. The second-order valence-corrected chi connectivity index (χ2v) is 10.7. The summed E-state index contributed by atoms with van der Waals surface area (Å²) < 4.78 is 52.0. The molecule has 0 saturated carbocycles. The standard InChI is InChI=1S/C31H24ClF3N6O2/c1-15(2)43-24-8-7-17(10-23(24)35)21-13-40(30-26(21)28(36)37-14-38-30)16(3)27-25(18-5-4-6-19(33)9-18)31(42)41-12-20(34)11-22(32)29(41)39-27/h4-16H,1-3H3,(H2,36,37,38)/t16-/m1/s1. The number of ether oxygens (including phenoxy) is 1. The largest absolute Gasteiger partial charge is 0.488 e. The Morgan fingerprint density at radius 1 is 0.930 bits per heavy atom. The van der Waals surface area contributed by atoms with Crippen LogP contribution in [-0.4, -0.2) is 30.0 Å². The van der Waals surface area contributed by atoms with E-state index in [4.69, 9.17) is 27.1 Å². The summed E-state index contributed by atoms with van der Waals surface area (Å²) in [6.07, 6.45) is 3.76. The zero-order valence-corrected chi connectivity index (χ0v) is 23.9. The van der Waals surface area contributed by atoms with Crippen molar-refractivity contribution < 1.29 is 17.9 Å². The molecule has 1 atom stereocenters. The van der Waals surface area contributed by atoms with E-state index in [0.717, 1.165) is 16.7 Å². The first-order chi connectivity index (χ1) is 20.5. The fourth-order valence-corrected chi connectivity index (χ4v) is 5.41. The average molecular weight is 605 g/mol. The highest BCUT2D eigenvalue weighted by Crippen LogP contribution is 2.38. The Hall–Kier alpha value is -4.90. The van der Waals surface area contributed by atoms with Gasteiger partial charge in [-0.3, -0.25) is 9.20 Å². The summed E-state index contributed by atoms with van der Waals surface area (Å²) in [5.74, 6) is -1.61. The molecule has 0 fully saturated rings. The van der Waals surface area contributed by atoms with Crippen LogP contribution in [0.3, 0.4) is 0 Å². The van der Waals surface area contributed by atoms with E-state index in [0.29, 0.717) is 22.2 Å². The van der Waals surface area contributed by atoms with Gasteiger partial charge in [-0.1, -0.05) is 29.8 Å². The molecule has 0 amide bonds. The van der Waals surface area contributed by atoms with E-state index in [1.165, 1.54) is 36.7 Å². The van der Waals surface area contributed by atoms with Crippen molar-refractivity contribution in [3.8, 4) is 28.0 Å². The van der Waals surface area contributed by atoms with Crippen molar-refractivity contribution in [2.24, 2.45) is 0 Å². The third kappa shape index (κ3) is 4.95. The SMILES string of the molecule is CC(C)Oc1ccc(-c2cn([C@H](C)c3nc4c(Cl)cc(F)cn4c(=O)c3-c3cccc(F)c3)c3ncnc(N)c23)cc1F. The van der Waals surface area contributed by atoms with E-state index < -0.39 is 29.1 Å². The molecule has 0 aliphatic heterocycles. The normalized spacial score (nSPS) is 12.4. The van der Waals surface area contributed by atoms with Crippen LogP contribution in [0.5, 0.6) is 5.75 Å². The number of rotatable bonds is 6. The van der Waals surface area contributed by atoms with E-state index in [1.807, 2.05) is 0 Å². The maximum Gasteiger partial charge on any atom is 0.266 e. The number of halogens is 4. The fourth-order valence-electron chi connectivity index (χ4n) is 5.17. The average Bonchev–Trinajstić information content (AvgIpc) is 3.35. The predicted molar refractivity (Wildman–Crippen MR) is 159 cm³/mol. The zero-order chi connectivity index (χ0) is 30.6. The van der Waals surface area contributed by atoms with Crippen molar-refractivity contribution in [1.29, 1.82) is 0 Å². The van der Waals surface area contributed by atoms with Gasteiger partial charge in [0.05, 0.1) is 33.8 Å². The van der Waals surface area contributed by atoms with Crippen molar-refractivity contribution in [1.82, 2.24) is 23.9 Å². The van der Waals surface area contributed by atoms with Crippen LogP contribution >= 0.6 is 11.6 Å². The van der Waals surface area contributed by atoms with Gasteiger partial charge in [-0.05, 0) is 62.2 Å². The van der Waals surface area contributed by atoms with Crippen LogP contribution in [-0.2, 0) is 0 Å². The van der Waals surface area contributed by atoms with Gasteiger partial charge in [0.1, 0.15) is 29.4 Å². The topological polar surface area (TPSA) is 100 Å². The number of aromatic nitrogens is 5. The monoisotopic (exact) mass is 604 g/mol. The lowest BCUT2D eigenvalue weighted by molar-refractivity contribution is 0.231. The molecule has 6 aromatic rings. The molecule has 2 aromatic carbocycles. The van der Waals surface area contributed by atoms with Crippen LogP contribution in [0.2, 0.25) is 5.02 Å². The molecule has 2 N–H and O–H groups in total. The maximum absolute atomic E-state index is 15.0. The molecule has 0 aliphatic rings. The number of nitrogens with zero attached hydrogens (tertiary/aromatic N) is 5. The van der Waals surface area contributed by atoms with Crippen LogP contribution in [0.25, 0.3) is 38.9 Å². The highest BCUT2D eigenvalue weighted by molar-refractivity contribution is 6.33. The molecule has 43 heavy (non-hydrogen) atoms. The van der Waals surface area contributed by atoms with Crippen molar-refractivity contribution in [3.63, 3.8) is 0 Å². The van der Waals surface area contributed by atoms with Crippen LogP contribution in [0.15, 0.2) is 72.0 Å². The Balaban J connectivity index is 1.61. The highest BCUT2D eigenvalue weighted by atomic mass is 35.5. The molecule has 4 aromatic heterocycles. The molecule has 0 spiro atoms. The first-order valence-corrected chi connectivity index (χ1v) is 13.7. The number of pyridine rings is 1. The predicted octanol–water partition coefficient (Wildman–Crippen LogP) is 6.82. The van der Waals surface area contributed by atoms with Crippen LogP contribution in [0.1, 0.15) is 32.5 Å². The van der Waals surface area contributed by atoms with Crippen molar-refractivity contribution in [2.45, 2.75) is 32.9 Å². The molecule has 0 aliphatic carbocycles. The Morgan fingerprint density at radius 2 is 1.72 bits per heavy atom. The van der Waals surface area contributed by atoms with Gasteiger partial charge in [-0.15, -0.1) is 0 Å². The van der Waals surface area contributed by atoms with Crippen LogP contribution < -0.4 is 16.0 Å². The molecule has 8 nitrogen and oxygen atoms in total. The van der Waals surface area contributed by atoms with Gasteiger partial charge >= 0.3 is 0 Å². The van der Waals surface area contributed by atoms with Gasteiger partial charge in [0, 0.05) is 18.0 Å². The molecule has 0 radical (unpaired) electrons. The Morgan fingerprint density at radius 3 is 2.44 bits per heavy atom. The van der Waals surface area contributed by atoms with Crippen LogP contribution in [0, 0.1) is 17.5 Å². The number of nitrogen functional groups attached to an aromatic ring is 1. The van der Waals surface area contributed by atoms with E-state index >= 15 is 4.39 Å². The summed E-state index contributed by atoms with van der Waals surface area (Å²) in [4.78, 5) is 27.1. The molecule has 12 heteroatoms. The summed E-state index contributed by atoms with van der Waals surface area (Å²) in [6.45, 7) is 5.36. The number of nitrogens with two attached hydrogens (primary N) is 1. The second-order valence-electron chi connectivity index (χ2n) is 10.3. The van der Waals surface area contributed by atoms with Crippen molar-refractivity contribution >= 4 is 34.1 Å². The molecule has 218 valence electrons. The molecule has 0 unspecified atom stereocenters. The summed E-state index contributed by atoms with van der Waals surface area (Å²) in [6, 6.07) is 10.4.